The van der Waals surface area contributed by atoms with E-state index < -0.39 is 0 Å². The predicted octanol–water partition coefficient (Wildman–Crippen LogP) is 3.34. The minimum Gasteiger partial charge on any atom is -0.360 e. The maximum absolute atomic E-state index is 4.49. The Balaban J connectivity index is 1.83. The van der Waals surface area contributed by atoms with Crippen LogP contribution < -0.4 is 5.32 Å². The van der Waals surface area contributed by atoms with Gasteiger partial charge < -0.3 is 5.32 Å². The molecule has 0 amide bonds. The second kappa shape index (κ2) is 5.37. The van der Waals surface area contributed by atoms with Gasteiger partial charge in [0.25, 0.3) is 0 Å². The molecule has 1 atom stereocenters. The van der Waals surface area contributed by atoms with Crippen LogP contribution in [-0.4, -0.2) is 17.5 Å². The van der Waals surface area contributed by atoms with Crippen molar-refractivity contribution in [3.8, 4) is 0 Å². The van der Waals surface area contributed by atoms with Gasteiger partial charge in [0.1, 0.15) is 0 Å². The number of hydrogen-bond donors (Lipinski definition) is 1. The van der Waals surface area contributed by atoms with Gasteiger partial charge in [-0.2, -0.15) is 0 Å². The third-order valence-electron chi connectivity index (χ3n) is 2.09. The van der Waals surface area contributed by atoms with E-state index in [9.17, 15) is 0 Å². The van der Waals surface area contributed by atoms with E-state index >= 15 is 0 Å². The standard InChI is InChI=1S/C10H13BrN2S2/c1-7-4-12-10(14-6-7)13-5-8-2-3-9(11)15-8/h2-3,7H,4-6H2,1H3,(H,12,13). The molecule has 0 saturated heterocycles. The number of halogens is 1. The third-order valence-corrected chi connectivity index (χ3v) is 5.00. The van der Waals surface area contributed by atoms with E-state index in [-0.39, 0.29) is 0 Å². The van der Waals surface area contributed by atoms with Gasteiger partial charge >= 0.3 is 0 Å². The Morgan fingerprint density at radius 1 is 1.60 bits per heavy atom. The number of thiophene rings is 1. The summed E-state index contributed by atoms with van der Waals surface area (Å²) in [4.78, 5) is 5.83. The molecular weight excluding hydrogens is 292 g/mol. The van der Waals surface area contributed by atoms with E-state index in [2.05, 4.69) is 45.3 Å². The molecule has 0 radical (unpaired) electrons. The minimum absolute atomic E-state index is 0.719. The van der Waals surface area contributed by atoms with E-state index in [0.717, 1.165) is 24.2 Å². The molecule has 2 heterocycles. The van der Waals surface area contributed by atoms with Crippen LogP contribution in [0.4, 0.5) is 0 Å². The van der Waals surface area contributed by atoms with Crippen molar-refractivity contribution in [1.82, 2.24) is 5.32 Å². The number of nitrogens with one attached hydrogen (secondary N) is 1. The van der Waals surface area contributed by atoms with Crippen LogP contribution >= 0.6 is 39.0 Å². The Bertz CT molecular complexity index is 362. The van der Waals surface area contributed by atoms with Gasteiger partial charge in [-0.1, -0.05) is 18.7 Å². The zero-order chi connectivity index (χ0) is 10.7. The molecule has 1 aliphatic heterocycles. The van der Waals surface area contributed by atoms with Crippen molar-refractivity contribution in [2.45, 2.75) is 13.5 Å². The summed E-state index contributed by atoms with van der Waals surface area (Å²) < 4.78 is 1.19. The van der Waals surface area contributed by atoms with Gasteiger partial charge in [-0.05, 0) is 34.0 Å². The van der Waals surface area contributed by atoms with E-state index in [1.807, 2.05) is 11.8 Å². The van der Waals surface area contributed by atoms with Crippen molar-refractivity contribution < 1.29 is 0 Å². The first kappa shape index (κ1) is 11.5. The fraction of sp³-hybridized carbons (Fsp3) is 0.500. The number of aliphatic imine (C=N–C) groups is 1. The summed E-state index contributed by atoms with van der Waals surface area (Å²) in [7, 11) is 0. The lowest BCUT2D eigenvalue weighted by atomic mass is 10.2. The maximum atomic E-state index is 4.49. The first-order chi connectivity index (χ1) is 7.24. The Morgan fingerprint density at radius 3 is 3.07 bits per heavy atom. The molecule has 2 nitrogen and oxygen atoms in total. The summed E-state index contributed by atoms with van der Waals surface area (Å²) in [6.45, 7) is 4.09. The first-order valence-electron chi connectivity index (χ1n) is 4.89. The largest absolute Gasteiger partial charge is 0.360 e. The molecule has 1 unspecified atom stereocenters. The van der Waals surface area contributed by atoms with Crippen molar-refractivity contribution in [2.24, 2.45) is 10.9 Å². The molecule has 0 saturated carbocycles. The maximum Gasteiger partial charge on any atom is 0.156 e. The summed E-state index contributed by atoms with van der Waals surface area (Å²) in [5.41, 5.74) is 0. The zero-order valence-electron chi connectivity index (χ0n) is 8.50. The lowest BCUT2D eigenvalue weighted by Gasteiger charge is -2.17. The van der Waals surface area contributed by atoms with Crippen LogP contribution in [-0.2, 0) is 6.54 Å². The molecule has 1 aromatic heterocycles. The summed E-state index contributed by atoms with van der Waals surface area (Å²) in [6, 6.07) is 4.22. The molecule has 1 aliphatic rings. The molecule has 15 heavy (non-hydrogen) atoms. The Morgan fingerprint density at radius 2 is 2.47 bits per heavy atom. The minimum atomic E-state index is 0.719. The number of thioether (sulfide) groups is 1. The van der Waals surface area contributed by atoms with Gasteiger partial charge in [-0.25, -0.2) is 0 Å². The van der Waals surface area contributed by atoms with Crippen molar-refractivity contribution in [2.75, 3.05) is 12.3 Å². The van der Waals surface area contributed by atoms with Crippen LogP contribution in [0, 0.1) is 5.92 Å². The van der Waals surface area contributed by atoms with E-state index in [0.29, 0.717) is 0 Å². The average Bonchev–Trinajstić information content (AvgIpc) is 2.64. The molecule has 5 heteroatoms. The fourth-order valence-electron chi connectivity index (χ4n) is 1.27. The highest BCUT2D eigenvalue weighted by atomic mass is 79.9. The van der Waals surface area contributed by atoms with E-state index in [4.69, 9.17) is 0 Å². The van der Waals surface area contributed by atoms with Crippen LogP contribution in [0.5, 0.6) is 0 Å². The highest BCUT2D eigenvalue weighted by Gasteiger charge is 2.11. The average molecular weight is 305 g/mol. The van der Waals surface area contributed by atoms with Gasteiger partial charge in [-0.3, -0.25) is 4.99 Å². The molecule has 0 spiro atoms. The number of hydrogen-bond acceptors (Lipinski definition) is 4. The number of rotatable bonds is 2. The van der Waals surface area contributed by atoms with Gasteiger partial charge in [0.05, 0.1) is 10.3 Å². The van der Waals surface area contributed by atoms with Crippen LogP contribution in [0.1, 0.15) is 11.8 Å². The summed E-state index contributed by atoms with van der Waals surface area (Å²) >= 11 is 7.06. The van der Waals surface area contributed by atoms with Gasteiger partial charge in [0.2, 0.25) is 0 Å². The third kappa shape index (κ3) is 3.50. The van der Waals surface area contributed by atoms with E-state index in [1.54, 1.807) is 11.3 Å². The molecule has 2 rings (SSSR count). The second-order valence-corrected chi connectivity index (χ2v) is 7.18. The normalized spacial score (nSPS) is 21.2. The zero-order valence-corrected chi connectivity index (χ0v) is 11.7. The molecule has 1 aromatic rings. The van der Waals surface area contributed by atoms with Gasteiger partial charge in [0.15, 0.2) is 5.17 Å². The van der Waals surface area contributed by atoms with Gasteiger partial charge in [-0.15, -0.1) is 11.3 Å². The monoisotopic (exact) mass is 304 g/mol. The highest BCUT2D eigenvalue weighted by Crippen LogP contribution is 2.22. The summed E-state index contributed by atoms with van der Waals surface area (Å²) in [5.74, 6) is 1.90. The predicted molar refractivity (Wildman–Crippen MR) is 72.8 cm³/mol. The molecule has 0 aromatic carbocycles. The number of nitrogens with zero attached hydrogens (tertiary/aromatic N) is 1. The highest BCUT2D eigenvalue weighted by molar-refractivity contribution is 9.11. The first-order valence-corrected chi connectivity index (χ1v) is 7.49. The van der Waals surface area contributed by atoms with Crippen molar-refractivity contribution in [1.29, 1.82) is 0 Å². The molecule has 0 fully saturated rings. The van der Waals surface area contributed by atoms with Crippen LogP contribution in [0.15, 0.2) is 20.9 Å². The Hall–Kier alpha value is -0.000000000000000111. The lowest BCUT2D eigenvalue weighted by Crippen LogP contribution is -2.25. The number of amidine groups is 1. The van der Waals surface area contributed by atoms with Gasteiger partial charge in [0, 0.05) is 17.2 Å². The van der Waals surface area contributed by atoms with Crippen LogP contribution in [0.2, 0.25) is 0 Å². The fourth-order valence-corrected chi connectivity index (χ4v) is 3.59. The Labute approximate surface area is 107 Å². The Kier molecular flexibility index (Phi) is 4.11. The lowest BCUT2D eigenvalue weighted by molar-refractivity contribution is 0.669. The summed E-state index contributed by atoms with van der Waals surface area (Å²) in [5, 5.41) is 4.47. The quantitative estimate of drug-likeness (QED) is 0.906. The van der Waals surface area contributed by atoms with Crippen molar-refractivity contribution in [3.05, 3.63) is 20.8 Å². The molecular formula is C10H13BrN2S2. The van der Waals surface area contributed by atoms with Crippen LogP contribution in [0.25, 0.3) is 0 Å². The summed E-state index contributed by atoms with van der Waals surface area (Å²) in [6.07, 6.45) is 0. The molecule has 82 valence electrons. The van der Waals surface area contributed by atoms with E-state index in [1.165, 1.54) is 14.4 Å². The SMILES string of the molecule is CC1CN=C(NCc2ccc(Br)s2)SC1. The molecule has 1 N–H and O–H groups in total. The molecule has 0 bridgehead atoms. The van der Waals surface area contributed by atoms with Crippen molar-refractivity contribution >= 4 is 44.2 Å². The van der Waals surface area contributed by atoms with Crippen LogP contribution in [0.3, 0.4) is 0 Å². The van der Waals surface area contributed by atoms with Crippen molar-refractivity contribution in [3.63, 3.8) is 0 Å². The smallest absolute Gasteiger partial charge is 0.156 e. The second-order valence-electron chi connectivity index (χ2n) is 3.62. The molecule has 0 aliphatic carbocycles. The topological polar surface area (TPSA) is 24.4 Å².